The Balaban J connectivity index is 0. The summed E-state index contributed by atoms with van der Waals surface area (Å²) in [5.41, 5.74) is 0. The first kappa shape index (κ1) is 11.2. The van der Waals surface area contributed by atoms with Gasteiger partial charge >= 0.3 is 6.09 Å². The normalized spacial score (nSPS) is 6.57. The van der Waals surface area contributed by atoms with Gasteiger partial charge in [-0.25, -0.2) is 4.79 Å². The van der Waals surface area contributed by atoms with Crippen LogP contribution < -0.4 is 0 Å². The minimum atomic E-state index is -1.18. The van der Waals surface area contributed by atoms with Crippen LogP contribution in [0.25, 0.3) is 0 Å². The molecule has 0 aromatic carbocycles. The molecule has 0 saturated carbocycles. The van der Waals surface area contributed by atoms with Gasteiger partial charge < -0.3 is 5.11 Å². The zero-order chi connectivity index (χ0) is 5.15. The fourth-order valence-electron chi connectivity index (χ4n) is 0. The smallest absolute Gasteiger partial charge is 0.427 e. The summed E-state index contributed by atoms with van der Waals surface area (Å²) in [4.78, 5) is 9.47. The molecule has 0 atom stereocenters. The summed E-state index contributed by atoms with van der Waals surface area (Å²) < 4.78 is 0.472. The second-order valence-corrected chi connectivity index (χ2v) is 1.69. The van der Waals surface area contributed by atoms with Crippen LogP contribution in [-0.4, -0.2) is 14.9 Å². The van der Waals surface area contributed by atoms with E-state index in [1.54, 1.807) is 0 Å². The van der Waals surface area contributed by atoms with Gasteiger partial charge in [0.05, 0.1) is 0 Å². The first-order chi connectivity index (χ1) is 2.64. The van der Waals surface area contributed by atoms with Crippen LogP contribution in [0.5, 0.6) is 0 Å². The molecule has 0 heterocycles. The number of carboxylic acid groups (broad SMARTS) is 1. The van der Waals surface area contributed by atoms with Crippen molar-refractivity contribution in [2.45, 2.75) is 0 Å². The molecule has 0 fully saturated rings. The van der Waals surface area contributed by atoms with Gasteiger partial charge in [0.2, 0.25) is 0 Å². The molecule has 0 aliphatic rings. The number of amides is 1. The van der Waals surface area contributed by atoms with E-state index in [-0.39, 0.29) is 40.8 Å². The summed E-state index contributed by atoms with van der Waals surface area (Å²) in [5, 5.41) is 7.76. The van der Waals surface area contributed by atoms with Gasteiger partial charge in [0.15, 0.2) is 0 Å². The Morgan fingerprint density at radius 1 is 1.57 bits per heavy atom. The van der Waals surface area contributed by atoms with E-state index in [9.17, 15) is 4.79 Å². The van der Waals surface area contributed by atoms with E-state index in [4.69, 9.17) is 5.11 Å². The molecule has 0 spiro atoms. The summed E-state index contributed by atoms with van der Waals surface area (Å²) in [6.45, 7) is 0. The van der Waals surface area contributed by atoms with Crippen molar-refractivity contribution < 1.29 is 50.7 Å². The molecule has 0 bridgehead atoms. The van der Waals surface area contributed by atoms with Gasteiger partial charge in [-0.1, -0.05) is 0 Å². The number of hydrogen-bond donors (Lipinski definition) is 3. The third-order valence-electron chi connectivity index (χ3n) is 0.171. The Morgan fingerprint density at radius 2 is 1.71 bits per heavy atom. The molecule has 40 valence electrons. The van der Waals surface area contributed by atoms with Crippen molar-refractivity contribution in [1.29, 1.82) is 0 Å². The first-order valence-electron chi connectivity index (χ1n) is 1.05. The summed E-state index contributed by atoms with van der Waals surface area (Å²) in [5.74, 6) is 0. The Hall–Kier alpha value is 1.32. The Bertz CT molecular complexity index is 66.7. The second-order valence-electron chi connectivity index (χ2n) is 0.572. The van der Waals surface area contributed by atoms with Crippen molar-refractivity contribution in [2.75, 3.05) is 0 Å². The summed E-state index contributed by atoms with van der Waals surface area (Å²) in [6, 6.07) is 0. The van der Waals surface area contributed by atoms with Gasteiger partial charge in [-0.15, -0.1) is 0 Å². The number of carbonyl (C=O) groups is 1. The predicted molar refractivity (Wildman–Crippen MR) is 27.8 cm³/mol. The molecular weight excluding hydrogens is 266 g/mol. The maximum Gasteiger partial charge on any atom is 0.427 e. The first-order valence-corrected chi connectivity index (χ1v) is 1.85. The van der Waals surface area contributed by atoms with Gasteiger partial charge in [0.25, 0.3) is 0 Å². The van der Waals surface area contributed by atoms with Crippen molar-refractivity contribution in [3.63, 3.8) is 0 Å². The van der Waals surface area contributed by atoms with Crippen molar-refractivity contribution in [2.24, 2.45) is 0 Å². The summed E-state index contributed by atoms with van der Waals surface area (Å²) in [6.07, 6.45) is -1.18. The molecule has 3 nitrogen and oxygen atoms in total. The van der Waals surface area contributed by atoms with Gasteiger partial charge in [0, 0.05) is 40.8 Å². The minimum Gasteiger partial charge on any atom is -0.464 e. The van der Waals surface area contributed by atoms with Crippen LogP contribution in [0, 0.1) is 40.8 Å². The molecule has 6 heteroatoms. The van der Waals surface area contributed by atoms with Crippen LogP contribution in [0.1, 0.15) is 0 Å². The molecular formula is CH3NNdO2S2. The van der Waals surface area contributed by atoms with E-state index in [1.807, 2.05) is 0 Å². The fourth-order valence-corrected chi connectivity index (χ4v) is 0. The fraction of sp³-hybridized carbons (Fsp3) is 0. The molecule has 0 radical (unpaired) electrons. The zero-order valence-electron chi connectivity index (χ0n) is 3.20. The van der Waals surface area contributed by atoms with E-state index < -0.39 is 6.09 Å². The Morgan fingerprint density at radius 3 is 1.71 bits per heavy atom. The Kier molecular flexibility index (Phi) is 8.70. The molecule has 1 N–H and O–H groups in total. The summed E-state index contributed by atoms with van der Waals surface area (Å²) in [7, 11) is 0. The third kappa shape index (κ3) is 7.32. The molecule has 0 saturated heterocycles. The van der Waals surface area contributed by atoms with Crippen LogP contribution in [0.3, 0.4) is 0 Å². The van der Waals surface area contributed by atoms with Crippen molar-refractivity contribution >= 4 is 31.7 Å². The summed E-state index contributed by atoms with van der Waals surface area (Å²) >= 11 is 6.58. The van der Waals surface area contributed by atoms with Crippen molar-refractivity contribution in [1.82, 2.24) is 3.71 Å². The molecule has 0 aromatic rings. The molecule has 0 aliphatic carbocycles. The van der Waals surface area contributed by atoms with Crippen LogP contribution in [-0.2, 0) is 0 Å². The van der Waals surface area contributed by atoms with E-state index >= 15 is 0 Å². The standard InChI is InChI=1S/CH3NO2S2.Nd/c3-1(4)2(5)6;/h5-6H,(H,3,4);. The average Bonchev–Trinajstić information content (AvgIpc) is 1.36. The van der Waals surface area contributed by atoms with Crippen LogP contribution in [0.4, 0.5) is 4.79 Å². The largest absolute Gasteiger partial charge is 0.464 e. The van der Waals surface area contributed by atoms with E-state index in [0.717, 1.165) is 0 Å². The Labute approximate surface area is 85.1 Å². The molecule has 0 aromatic heterocycles. The van der Waals surface area contributed by atoms with E-state index in [0.29, 0.717) is 3.71 Å². The van der Waals surface area contributed by atoms with Crippen LogP contribution in [0.2, 0.25) is 0 Å². The number of nitrogens with zero attached hydrogens (tertiary/aromatic N) is 1. The van der Waals surface area contributed by atoms with E-state index in [1.165, 1.54) is 0 Å². The molecule has 0 rings (SSSR count). The third-order valence-corrected chi connectivity index (χ3v) is 0.513. The predicted octanol–water partition coefficient (Wildman–Crippen LogP) is 0.656. The SMILES string of the molecule is O=C(O)N(S)S.[Nd]. The maximum atomic E-state index is 9.47. The van der Waals surface area contributed by atoms with Crippen LogP contribution >= 0.6 is 25.6 Å². The zero-order valence-corrected chi connectivity index (χ0v) is 8.19. The molecule has 1 amide bonds. The number of hydrogen-bond acceptors (Lipinski definition) is 3. The maximum absolute atomic E-state index is 9.47. The molecule has 7 heavy (non-hydrogen) atoms. The minimum absolute atomic E-state index is 0. The van der Waals surface area contributed by atoms with Gasteiger partial charge in [0.1, 0.15) is 0 Å². The molecule has 0 unspecified atom stereocenters. The van der Waals surface area contributed by atoms with E-state index in [2.05, 4.69) is 25.6 Å². The monoisotopic (exact) mass is 267 g/mol. The second kappa shape index (κ2) is 5.46. The van der Waals surface area contributed by atoms with Gasteiger partial charge in [-0.2, -0.15) is 3.71 Å². The molecule has 0 aliphatic heterocycles. The van der Waals surface area contributed by atoms with Crippen LogP contribution in [0.15, 0.2) is 0 Å². The van der Waals surface area contributed by atoms with Gasteiger partial charge in [-0.3, -0.25) is 0 Å². The topological polar surface area (TPSA) is 40.5 Å². The quantitative estimate of drug-likeness (QED) is 0.565. The number of thiol groups is 2. The van der Waals surface area contributed by atoms with Gasteiger partial charge in [-0.05, 0) is 25.6 Å². The average molecular weight is 269 g/mol. The number of rotatable bonds is 0. The van der Waals surface area contributed by atoms with Crippen molar-refractivity contribution in [3.05, 3.63) is 0 Å². The van der Waals surface area contributed by atoms with Crippen molar-refractivity contribution in [3.8, 4) is 0 Å².